The molecule has 19 heavy (non-hydrogen) atoms. The first kappa shape index (κ1) is 12.3. The molecule has 0 saturated heterocycles. The first-order valence-electron chi connectivity index (χ1n) is 6.75. The maximum atomic E-state index is 4.68. The molecule has 3 rings (SSSR count). The van der Waals surface area contributed by atoms with E-state index in [-0.39, 0.29) is 0 Å². The van der Waals surface area contributed by atoms with Gasteiger partial charge in [0.25, 0.3) is 0 Å². The summed E-state index contributed by atoms with van der Waals surface area (Å²) < 4.78 is 1.78. The van der Waals surface area contributed by atoms with E-state index in [9.17, 15) is 0 Å². The molecular formula is C14H19N5. The third-order valence-corrected chi connectivity index (χ3v) is 3.69. The number of rotatable bonds is 3. The van der Waals surface area contributed by atoms with Crippen molar-refractivity contribution in [2.75, 3.05) is 13.6 Å². The van der Waals surface area contributed by atoms with Crippen LogP contribution in [0.15, 0.2) is 18.5 Å². The smallest absolute Gasteiger partial charge is 0.180 e. The first-order chi connectivity index (χ1) is 9.26. The Morgan fingerprint density at radius 3 is 3.11 bits per heavy atom. The molecule has 1 N–H and O–H groups in total. The van der Waals surface area contributed by atoms with Crippen molar-refractivity contribution in [2.24, 2.45) is 13.0 Å². The lowest BCUT2D eigenvalue weighted by atomic mass is 9.87. The van der Waals surface area contributed by atoms with E-state index >= 15 is 0 Å². The van der Waals surface area contributed by atoms with E-state index in [1.54, 1.807) is 4.68 Å². The molecule has 5 nitrogen and oxygen atoms in total. The number of fused-ring (bicyclic) bond motifs is 1. The molecule has 0 aliphatic heterocycles. The second-order valence-electron chi connectivity index (χ2n) is 5.21. The Kier molecular flexibility index (Phi) is 3.29. The summed E-state index contributed by atoms with van der Waals surface area (Å²) in [4.78, 5) is 9.15. The second-order valence-corrected chi connectivity index (χ2v) is 5.21. The molecule has 2 aromatic rings. The average molecular weight is 257 g/mol. The summed E-state index contributed by atoms with van der Waals surface area (Å²) in [5.41, 5.74) is 3.34. The van der Waals surface area contributed by atoms with Crippen LogP contribution in [0.5, 0.6) is 0 Å². The van der Waals surface area contributed by atoms with E-state index in [0.29, 0.717) is 5.92 Å². The lowest BCUT2D eigenvalue weighted by Gasteiger charge is -2.23. The Labute approximate surface area is 113 Å². The van der Waals surface area contributed by atoms with Crippen molar-refractivity contribution in [2.45, 2.75) is 19.3 Å². The third-order valence-electron chi connectivity index (χ3n) is 3.69. The van der Waals surface area contributed by atoms with Gasteiger partial charge in [-0.3, -0.25) is 4.68 Å². The molecule has 1 unspecified atom stereocenters. The number of aryl methyl sites for hydroxylation is 2. The highest BCUT2D eigenvalue weighted by molar-refractivity contribution is 5.48. The summed E-state index contributed by atoms with van der Waals surface area (Å²) in [6, 6.07) is 1.95. The topological polar surface area (TPSA) is 55.6 Å². The van der Waals surface area contributed by atoms with Crippen molar-refractivity contribution in [3.8, 4) is 11.5 Å². The van der Waals surface area contributed by atoms with Crippen LogP contribution in [0, 0.1) is 5.92 Å². The van der Waals surface area contributed by atoms with Crippen LogP contribution < -0.4 is 5.32 Å². The summed E-state index contributed by atoms with van der Waals surface area (Å²) in [5.74, 6) is 1.45. The van der Waals surface area contributed by atoms with Crippen molar-refractivity contribution in [3.63, 3.8) is 0 Å². The van der Waals surface area contributed by atoms with E-state index in [1.807, 2.05) is 32.6 Å². The van der Waals surface area contributed by atoms with Crippen LogP contribution in [-0.2, 0) is 19.9 Å². The molecule has 0 radical (unpaired) electrons. The van der Waals surface area contributed by atoms with Gasteiger partial charge in [-0.2, -0.15) is 5.10 Å². The maximum absolute atomic E-state index is 4.68. The molecule has 0 aromatic carbocycles. The summed E-state index contributed by atoms with van der Waals surface area (Å²) >= 11 is 0. The number of hydrogen-bond acceptors (Lipinski definition) is 4. The first-order valence-corrected chi connectivity index (χ1v) is 6.75. The fourth-order valence-corrected chi connectivity index (χ4v) is 2.70. The highest BCUT2D eigenvalue weighted by Crippen LogP contribution is 2.25. The predicted molar refractivity (Wildman–Crippen MR) is 73.7 cm³/mol. The van der Waals surface area contributed by atoms with Gasteiger partial charge in [0.1, 0.15) is 5.69 Å². The van der Waals surface area contributed by atoms with Gasteiger partial charge in [0.2, 0.25) is 0 Å². The van der Waals surface area contributed by atoms with E-state index in [4.69, 9.17) is 0 Å². The minimum Gasteiger partial charge on any atom is -0.319 e. The van der Waals surface area contributed by atoms with Gasteiger partial charge in [-0.1, -0.05) is 0 Å². The van der Waals surface area contributed by atoms with Crippen LogP contribution in [0.4, 0.5) is 0 Å². The van der Waals surface area contributed by atoms with Gasteiger partial charge in [0, 0.05) is 25.1 Å². The maximum Gasteiger partial charge on any atom is 0.180 e. The largest absolute Gasteiger partial charge is 0.319 e. The van der Waals surface area contributed by atoms with Crippen molar-refractivity contribution >= 4 is 0 Å². The number of hydrogen-bond donors (Lipinski definition) is 1. The zero-order chi connectivity index (χ0) is 13.2. The van der Waals surface area contributed by atoms with Gasteiger partial charge in [-0.05, 0) is 50.4 Å². The standard InChI is InChI=1S/C14H19N5/c1-15-8-10-3-4-12-11(7-10)9-16-14(17-12)13-5-6-19(2)18-13/h5-6,9-10,15H,3-4,7-8H2,1-2H3. The van der Waals surface area contributed by atoms with E-state index in [1.165, 1.54) is 17.7 Å². The van der Waals surface area contributed by atoms with Crippen LogP contribution in [0.3, 0.4) is 0 Å². The van der Waals surface area contributed by atoms with Crippen LogP contribution in [0.1, 0.15) is 17.7 Å². The van der Waals surface area contributed by atoms with Gasteiger partial charge in [-0.25, -0.2) is 9.97 Å². The third kappa shape index (κ3) is 2.51. The highest BCUT2D eigenvalue weighted by atomic mass is 15.3. The number of nitrogens with one attached hydrogen (secondary N) is 1. The van der Waals surface area contributed by atoms with Crippen molar-refractivity contribution < 1.29 is 0 Å². The van der Waals surface area contributed by atoms with Crippen molar-refractivity contribution in [3.05, 3.63) is 29.7 Å². The van der Waals surface area contributed by atoms with Crippen LogP contribution >= 0.6 is 0 Å². The molecule has 100 valence electrons. The SMILES string of the molecule is CNCC1CCc2nc(-c3ccn(C)n3)ncc2C1. The Balaban J connectivity index is 1.85. The van der Waals surface area contributed by atoms with Crippen LogP contribution in [0.2, 0.25) is 0 Å². The molecule has 1 aliphatic carbocycles. The van der Waals surface area contributed by atoms with Crippen molar-refractivity contribution in [1.82, 2.24) is 25.1 Å². The van der Waals surface area contributed by atoms with E-state index in [2.05, 4.69) is 20.4 Å². The summed E-state index contributed by atoms with van der Waals surface area (Å²) in [7, 11) is 3.92. The molecule has 2 heterocycles. The van der Waals surface area contributed by atoms with E-state index < -0.39 is 0 Å². The summed E-state index contributed by atoms with van der Waals surface area (Å²) in [5, 5.41) is 7.61. The lowest BCUT2D eigenvalue weighted by molar-refractivity contribution is 0.434. The summed E-state index contributed by atoms with van der Waals surface area (Å²) in [6.07, 6.45) is 7.23. The van der Waals surface area contributed by atoms with Crippen LogP contribution in [-0.4, -0.2) is 33.3 Å². The van der Waals surface area contributed by atoms with Gasteiger partial charge in [-0.15, -0.1) is 0 Å². The summed E-state index contributed by atoms with van der Waals surface area (Å²) in [6.45, 7) is 1.07. The quantitative estimate of drug-likeness (QED) is 0.897. The monoisotopic (exact) mass is 257 g/mol. The molecule has 5 heteroatoms. The zero-order valence-electron chi connectivity index (χ0n) is 11.4. The Bertz CT molecular complexity index is 575. The van der Waals surface area contributed by atoms with Gasteiger partial charge in [0.05, 0.1) is 0 Å². The molecule has 0 fully saturated rings. The molecule has 0 spiro atoms. The minimum atomic E-state index is 0.710. The second kappa shape index (κ2) is 5.09. The number of nitrogens with zero attached hydrogens (tertiary/aromatic N) is 4. The average Bonchev–Trinajstić information content (AvgIpc) is 2.85. The zero-order valence-corrected chi connectivity index (χ0v) is 11.4. The molecule has 0 saturated carbocycles. The lowest BCUT2D eigenvalue weighted by Crippen LogP contribution is -2.25. The molecule has 2 aromatic heterocycles. The Morgan fingerprint density at radius 1 is 1.47 bits per heavy atom. The van der Waals surface area contributed by atoms with E-state index in [0.717, 1.165) is 30.9 Å². The molecule has 1 atom stereocenters. The molecule has 0 amide bonds. The van der Waals surface area contributed by atoms with Gasteiger partial charge < -0.3 is 5.32 Å². The Morgan fingerprint density at radius 2 is 2.37 bits per heavy atom. The van der Waals surface area contributed by atoms with Crippen LogP contribution in [0.25, 0.3) is 11.5 Å². The molecule has 1 aliphatic rings. The fourth-order valence-electron chi connectivity index (χ4n) is 2.70. The van der Waals surface area contributed by atoms with Gasteiger partial charge >= 0.3 is 0 Å². The highest BCUT2D eigenvalue weighted by Gasteiger charge is 2.20. The number of aromatic nitrogens is 4. The van der Waals surface area contributed by atoms with Gasteiger partial charge in [0.15, 0.2) is 5.82 Å². The predicted octanol–water partition coefficient (Wildman–Crippen LogP) is 1.20. The normalized spacial score (nSPS) is 18.3. The minimum absolute atomic E-state index is 0.710. The molecule has 0 bridgehead atoms. The van der Waals surface area contributed by atoms with Crippen molar-refractivity contribution in [1.29, 1.82) is 0 Å². The Hall–Kier alpha value is -1.75. The molecular weight excluding hydrogens is 238 g/mol. The fraction of sp³-hybridized carbons (Fsp3) is 0.500.